The van der Waals surface area contributed by atoms with Crippen LogP contribution in [-0.4, -0.2) is 30.8 Å². The Morgan fingerprint density at radius 2 is 1.87 bits per heavy atom. The van der Waals surface area contributed by atoms with Crippen LogP contribution >= 0.6 is 0 Å². The van der Waals surface area contributed by atoms with Gasteiger partial charge in [-0.15, -0.1) is 0 Å². The van der Waals surface area contributed by atoms with E-state index < -0.39 is 23.5 Å². The molecule has 0 fully saturated rings. The Hall–Kier alpha value is -1.92. The van der Waals surface area contributed by atoms with Crippen molar-refractivity contribution >= 4 is 5.91 Å². The number of halogens is 3. The first-order valence-corrected chi connectivity index (χ1v) is 7.46. The Labute approximate surface area is 133 Å². The summed E-state index contributed by atoms with van der Waals surface area (Å²) in [6.45, 7) is 4.79. The molecule has 128 valence electrons. The summed E-state index contributed by atoms with van der Waals surface area (Å²) >= 11 is 0. The van der Waals surface area contributed by atoms with Crippen LogP contribution in [0.5, 0.6) is 11.5 Å². The molecule has 1 amide bonds. The number of alkyl halides is 3. The van der Waals surface area contributed by atoms with E-state index in [0.29, 0.717) is 30.3 Å². The minimum atomic E-state index is -4.51. The van der Waals surface area contributed by atoms with Gasteiger partial charge in [0.05, 0.1) is 5.92 Å². The highest BCUT2D eigenvalue weighted by Gasteiger charge is 2.51. The number of benzene rings is 1. The van der Waals surface area contributed by atoms with Gasteiger partial charge in [0.2, 0.25) is 5.91 Å². The largest absolute Gasteiger partial charge is 0.486 e. The third kappa shape index (κ3) is 3.54. The maximum atomic E-state index is 13.1. The van der Waals surface area contributed by atoms with Gasteiger partial charge >= 0.3 is 6.18 Å². The SMILES string of the molecule is CC[C@@](C)(NC(=O)[C@@H](C)c1ccc2c(c1)OCCO2)C(F)(F)F. The minimum absolute atomic E-state index is 0.240. The molecule has 1 N–H and O–H groups in total. The molecule has 0 saturated heterocycles. The fourth-order valence-electron chi connectivity index (χ4n) is 2.22. The lowest BCUT2D eigenvalue weighted by Gasteiger charge is -2.33. The molecule has 1 heterocycles. The van der Waals surface area contributed by atoms with Crippen molar-refractivity contribution in [3.63, 3.8) is 0 Å². The molecule has 0 aromatic heterocycles. The molecule has 1 aromatic carbocycles. The quantitative estimate of drug-likeness (QED) is 0.920. The average molecular weight is 331 g/mol. The van der Waals surface area contributed by atoms with Crippen molar-refractivity contribution in [1.29, 1.82) is 0 Å². The van der Waals surface area contributed by atoms with Crippen LogP contribution in [0.2, 0.25) is 0 Å². The summed E-state index contributed by atoms with van der Waals surface area (Å²) in [6.07, 6.45) is -4.75. The number of nitrogens with one attached hydrogen (secondary N) is 1. The minimum Gasteiger partial charge on any atom is -0.486 e. The summed E-state index contributed by atoms with van der Waals surface area (Å²) in [6, 6.07) is 4.96. The Morgan fingerprint density at radius 1 is 1.26 bits per heavy atom. The number of hydrogen-bond donors (Lipinski definition) is 1. The molecule has 2 atom stereocenters. The fourth-order valence-corrected chi connectivity index (χ4v) is 2.22. The van der Waals surface area contributed by atoms with Gasteiger partial charge in [-0.3, -0.25) is 4.79 Å². The lowest BCUT2D eigenvalue weighted by atomic mass is 9.94. The fraction of sp³-hybridized carbons (Fsp3) is 0.562. The van der Waals surface area contributed by atoms with Crippen molar-refractivity contribution in [1.82, 2.24) is 5.32 Å². The number of ether oxygens (including phenoxy) is 2. The highest BCUT2D eigenvalue weighted by molar-refractivity contribution is 5.84. The molecule has 1 aliphatic rings. The molecule has 1 aliphatic heterocycles. The Kier molecular flexibility index (Phi) is 4.77. The smallest absolute Gasteiger partial charge is 0.411 e. The van der Waals surface area contributed by atoms with Gasteiger partial charge in [-0.05, 0) is 38.0 Å². The second kappa shape index (κ2) is 6.29. The highest BCUT2D eigenvalue weighted by Crippen LogP contribution is 2.35. The van der Waals surface area contributed by atoms with E-state index in [4.69, 9.17) is 9.47 Å². The van der Waals surface area contributed by atoms with Gasteiger partial charge in [0.25, 0.3) is 0 Å². The molecule has 0 aliphatic carbocycles. The normalized spacial score (nSPS) is 18.0. The Morgan fingerprint density at radius 3 is 2.43 bits per heavy atom. The first-order chi connectivity index (χ1) is 10.7. The molecule has 1 aromatic rings. The summed E-state index contributed by atoms with van der Waals surface area (Å²) < 4.78 is 50.1. The monoisotopic (exact) mass is 331 g/mol. The number of carbonyl (C=O) groups excluding carboxylic acids is 1. The lowest BCUT2D eigenvalue weighted by molar-refractivity contribution is -0.194. The molecule has 0 unspecified atom stereocenters. The van der Waals surface area contributed by atoms with Crippen LogP contribution in [-0.2, 0) is 4.79 Å². The standard InChI is InChI=1S/C16H20F3NO3/c1-4-15(3,16(17,18)19)20-14(21)10(2)11-5-6-12-13(9-11)23-8-7-22-12/h5-6,9-10H,4,7-8H2,1-3H3,(H,20,21)/t10-,15+/m0/s1. The van der Waals surface area contributed by atoms with Crippen molar-refractivity contribution in [2.75, 3.05) is 13.2 Å². The lowest BCUT2D eigenvalue weighted by Crippen LogP contribution is -2.56. The predicted octanol–water partition coefficient (Wildman–Crippen LogP) is 3.41. The Bertz CT molecular complexity index is 588. The van der Waals surface area contributed by atoms with E-state index in [9.17, 15) is 18.0 Å². The summed E-state index contributed by atoms with van der Waals surface area (Å²) in [5, 5.41) is 2.13. The van der Waals surface area contributed by atoms with E-state index in [1.807, 2.05) is 0 Å². The zero-order valence-corrected chi connectivity index (χ0v) is 13.3. The molecule has 0 spiro atoms. The van der Waals surface area contributed by atoms with E-state index in [2.05, 4.69) is 5.32 Å². The van der Waals surface area contributed by atoms with E-state index >= 15 is 0 Å². The van der Waals surface area contributed by atoms with Gasteiger partial charge < -0.3 is 14.8 Å². The van der Waals surface area contributed by atoms with Crippen LogP contribution in [0.3, 0.4) is 0 Å². The molecule has 7 heteroatoms. The summed E-state index contributed by atoms with van der Waals surface area (Å²) in [5.74, 6) is -0.342. The van der Waals surface area contributed by atoms with Gasteiger partial charge in [-0.25, -0.2) is 0 Å². The molecule has 23 heavy (non-hydrogen) atoms. The number of carbonyl (C=O) groups is 1. The van der Waals surface area contributed by atoms with Gasteiger partial charge in [0.1, 0.15) is 18.8 Å². The van der Waals surface area contributed by atoms with E-state index in [1.54, 1.807) is 25.1 Å². The summed E-state index contributed by atoms with van der Waals surface area (Å²) in [7, 11) is 0. The van der Waals surface area contributed by atoms with E-state index in [0.717, 1.165) is 6.92 Å². The molecule has 0 radical (unpaired) electrons. The van der Waals surface area contributed by atoms with Gasteiger partial charge in [0.15, 0.2) is 11.5 Å². The molecule has 4 nitrogen and oxygen atoms in total. The molecular weight excluding hydrogens is 311 g/mol. The van der Waals surface area contributed by atoms with E-state index in [-0.39, 0.29) is 6.42 Å². The van der Waals surface area contributed by atoms with Crippen LogP contribution in [0.1, 0.15) is 38.7 Å². The second-order valence-corrected chi connectivity index (χ2v) is 5.80. The van der Waals surface area contributed by atoms with Crippen molar-refractivity contribution in [3.8, 4) is 11.5 Å². The first kappa shape index (κ1) is 17.4. The Balaban J connectivity index is 2.16. The maximum absolute atomic E-state index is 13.1. The van der Waals surface area contributed by atoms with Gasteiger partial charge in [-0.1, -0.05) is 13.0 Å². The average Bonchev–Trinajstić information content (AvgIpc) is 2.52. The van der Waals surface area contributed by atoms with Crippen molar-refractivity contribution < 1.29 is 27.4 Å². The van der Waals surface area contributed by atoms with E-state index in [1.165, 1.54) is 6.92 Å². The number of rotatable bonds is 4. The summed E-state index contributed by atoms with van der Waals surface area (Å²) in [4.78, 5) is 12.2. The zero-order valence-electron chi connectivity index (χ0n) is 13.3. The number of amides is 1. The number of hydrogen-bond acceptors (Lipinski definition) is 3. The van der Waals surface area contributed by atoms with Crippen LogP contribution in [0.25, 0.3) is 0 Å². The topological polar surface area (TPSA) is 47.6 Å². The third-order valence-electron chi connectivity index (χ3n) is 4.19. The molecule has 2 rings (SSSR count). The van der Waals surface area contributed by atoms with Crippen molar-refractivity contribution in [2.24, 2.45) is 0 Å². The zero-order chi connectivity index (χ0) is 17.3. The van der Waals surface area contributed by atoms with Gasteiger partial charge in [0, 0.05) is 0 Å². The molecule has 0 bridgehead atoms. The third-order valence-corrected chi connectivity index (χ3v) is 4.19. The van der Waals surface area contributed by atoms with Crippen molar-refractivity contribution in [2.45, 2.75) is 44.8 Å². The van der Waals surface area contributed by atoms with Crippen LogP contribution in [0.4, 0.5) is 13.2 Å². The van der Waals surface area contributed by atoms with Crippen LogP contribution in [0.15, 0.2) is 18.2 Å². The molecular formula is C16H20F3NO3. The molecule has 0 saturated carbocycles. The van der Waals surface area contributed by atoms with Crippen molar-refractivity contribution in [3.05, 3.63) is 23.8 Å². The van der Waals surface area contributed by atoms with Crippen LogP contribution in [0, 0.1) is 0 Å². The predicted molar refractivity (Wildman–Crippen MR) is 78.7 cm³/mol. The number of fused-ring (bicyclic) bond motifs is 1. The summed E-state index contributed by atoms with van der Waals surface area (Å²) in [5.41, 5.74) is -1.67. The second-order valence-electron chi connectivity index (χ2n) is 5.80. The first-order valence-electron chi connectivity index (χ1n) is 7.46. The highest BCUT2D eigenvalue weighted by atomic mass is 19.4. The van der Waals surface area contributed by atoms with Gasteiger partial charge in [-0.2, -0.15) is 13.2 Å². The van der Waals surface area contributed by atoms with Crippen LogP contribution < -0.4 is 14.8 Å². The maximum Gasteiger partial charge on any atom is 0.411 e.